The van der Waals surface area contributed by atoms with Crippen molar-refractivity contribution in [3.8, 4) is 11.8 Å². The van der Waals surface area contributed by atoms with Crippen molar-refractivity contribution in [2.45, 2.75) is 37.7 Å². The summed E-state index contributed by atoms with van der Waals surface area (Å²) in [6.07, 6.45) is 1.74. The van der Waals surface area contributed by atoms with Gasteiger partial charge < -0.3 is 10.2 Å². The molecule has 3 saturated carbocycles. The summed E-state index contributed by atoms with van der Waals surface area (Å²) in [6, 6.07) is 0. The van der Waals surface area contributed by atoms with Gasteiger partial charge in [0.05, 0.1) is 26.2 Å². The van der Waals surface area contributed by atoms with Gasteiger partial charge in [-0.05, 0) is 43.4 Å². The number of rotatable bonds is 2. The highest BCUT2D eigenvalue weighted by molar-refractivity contribution is 5.93. The fourth-order valence-electron chi connectivity index (χ4n) is 5.92. The molecular weight excluding hydrogens is 332 g/mol. The van der Waals surface area contributed by atoms with E-state index in [9.17, 15) is 24.9 Å². The van der Waals surface area contributed by atoms with E-state index >= 15 is 0 Å². The number of aliphatic hydroxyl groups is 2. The Balaban J connectivity index is 1.78. The molecule has 0 aromatic heterocycles. The number of hydrogen-bond donors (Lipinski definition) is 2. The van der Waals surface area contributed by atoms with Crippen LogP contribution in [0.2, 0.25) is 0 Å². The number of Topliss-reactive ketones (excluding diaryl/α,β-unsaturated/α-hetero) is 2. The zero-order chi connectivity index (χ0) is 18.9. The summed E-state index contributed by atoms with van der Waals surface area (Å²) >= 11 is 0. The molecule has 2 N–H and O–H groups in total. The second kappa shape index (κ2) is 5.20. The van der Waals surface area contributed by atoms with E-state index in [4.69, 9.17) is 0 Å². The van der Waals surface area contributed by atoms with Gasteiger partial charge in [0.1, 0.15) is 12.4 Å². The molecule has 0 bridgehead atoms. The zero-order valence-corrected chi connectivity index (χ0v) is 14.5. The van der Waals surface area contributed by atoms with Crippen LogP contribution in [0.5, 0.6) is 0 Å². The predicted octanol–water partition coefficient (Wildman–Crippen LogP) is 1.75. The van der Waals surface area contributed by atoms with Crippen molar-refractivity contribution in [1.82, 2.24) is 0 Å². The van der Waals surface area contributed by atoms with Gasteiger partial charge in [0.2, 0.25) is 16.8 Å². The Bertz CT molecular complexity index is 838. The molecule has 0 aliphatic heterocycles. The summed E-state index contributed by atoms with van der Waals surface area (Å²) in [5.41, 5.74) is -0.600. The van der Waals surface area contributed by atoms with Gasteiger partial charge in [0, 0.05) is 11.5 Å². The second-order valence-electron chi connectivity index (χ2n) is 8.21. The normalized spacial score (nSPS) is 46.1. The van der Waals surface area contributed by atoms with Gasteiger partial charge >= 0.3 is 0 Å². The molecule has 1 radical (unpaired) electrons. The molecule has 0 heterocycles. The maximum absolute atomic E-state index is 13.3. The minimum Gasteiger partial charge on any atom is -0.495 e. The van der Waals surface area contributed by atoms with Gasteiger partial charge in [-0.3, -0.25) is 9.59 Å². The summed E-state index contributed by atoms with van der Waals surface area (Å²) in [5.74, 6) is 3.69. The third-order valence-corrected chi connectivity index (χ3v) is 7.17. The Morgan fingerprint density at radius 3 is 2.73 bits per heavy atom. The first kappa shape index (κ1) is 17.3. The maximum Gasteiger partial charge on any atom is 0.212 e. The van der Waals surface area contributed by atoms with Gasteiger partial charge in [-0.25, -0.2) is 5.11 Å². The maximum atomic E-state index is 13.3. The molecule has 4 aliphatic carbocycles. The topological polar surface area (TPSA) is 94.5 Å². The molecule has 0 spiro atoms. The molecule has 4 rings (SSSR count). The molecule has 0 aromatic rings. The minimum atomic E-state index is -2.02. The smallest absolute Gasteiger partial charge is 0.212 e. The van der Waals surface area contributed by atoms with Crippen LogP contribution < -0.4 is 0 Å². The first-order chi connectivity index (χ1) is 12.2. The van der Waals surface area contributed by atoms with Crippen LogP contribution >= 0.6 is 0 Å². The van der Waals surface area contributed by atoms with Crippen LogP contribution in [-0.4, -0.2) is 34.0 Å². The van der Waals surface area contributed by atoms with Crippen molar-refractivity contribution in [3.63, 3.8) is 0 Å². The Hall–Kier alpha value is -2.12. The van der Waals surface area contributed by atoms with E-state index in [-0.39, 0.29) is 36.2 Å². The predicted molar refractivity (Wildman–Crippen MR) is 90.6 cm³/mol. The SMILES string of the molecule is [CH2+][C@]12C#CC(O)=C=C1CC[C@@H]1[C@@H]2C(=O)C[C@@]2([CH2+])[C@H]1CC[C@]2([O])C(=O)CO. The number of hydrogen-bond acceptors (Lipinski definition) is 4. The average Bonchev–Trinajstić information content (AvgIpc) is 2.86. The summed E-state index contributed by atoms with van der Waals surface area (Å²) in [6.45, 7) is 7.50. The van der Waals surface area contributed by atoms with Crippen LogP contribution in [0.15, 0.2) is 17.1 Å². The van der Waals surface area contributed by atoms with Crippen LogP contribution in [-0.2, 0) is 14.7 Å². The second-order valence-corrected chi connectivity index (χ2v) is 8.21. The van der Waals surface area contributed by atoms with E-state index in [1.807, 2.05) is 0 Å². The van der Waals surface area contributed by atoms with Gasteiger partial charge in [-0.15, -0.1) is 0 Å². The van der Waals surface area contributed by atoms with Crippen molar-refractivity contribution in [2.24, 2.45) is 28.6 Å². The van der Waals surface area contributed by atoms with Gasteiger partial charge in [-0.2, -0.15) is 0 Å². The highest BCUT2D eigenvalue weighted by atomic mass is 16.3. The molecule has 0 saturated heterocycles. The van der Waals surface area contributed by atoms with Crippen LogP contribution in [0.25, 0.3) is 0 Å². The highest BCUT2D eigenvalue weighted by Gasteiger charge is 2.74. The molecule has 133 valence electrons. The Kier molecular flexibility index (Phi) is 3.46. The summed E-state index contributed by atoms with van der Waals surface area (Å²) in [5, 5.41) is 32.2. The molecule has 0 amide bonds. The molecule has 0 aromatic carbocycles. The molecule has 4 aliphatic rings. The average molecular weight is 353 g/mol. The zero-order valence-electron chi connectivity index (χ0n) is 14.5. The third kappa shape index (κ3) is 1.90. The van der Waals surface area contributed by atoms with E-state index < -0.39 is 34.7 Å². The number of fused-ring (bicyclic) bond motifs is 5. The van der Waals surface area contributed by atoms with E-state index in [1.165, 1.54) is 0 Å². The number of carbonyl (C=O) groups excluding carboxylic acids is 2. The van der Waals surface area contributed by atoms with Crippen LogP contribution in [0.1, 0.15) is 32.1 Å². The molecule has 6 atom stereocenters. The largest absolute Gasteiger partial charge is 0.495 e. The number of carbonyl (C=O) groups is 2. The lowest BCUT2D eigenvalue weighted by Gasteiger charge is -2.49. The lowest BCUT2D eigenvalue weighted by molar-refractivity contribution is -0.175. The minimum absolute atomic E-state index is 0.0935. The monoisotopic (exact) mass is 353 g/mol. The Morgan fingerprint density at radius 1 is 1.31 bits per heavy atom. The van der Waals surface area contributed by atoms with Crippen molar-refractivity contribution in [2.75, 3.05) is 6.61 Å². The molecule has 5 nitrogen and oxygen atoms in total. The summed E-state index contributed by atoms with van der Waals surface area (Å²) in [7, 11) is 0. The third-order valence-electron chi connectivity index (χ3n) is 7.17. The molecule has 0 unspecified atom stereocenters. The van der Waals surface area contributed by atoms with Crippen LogP contribution in [0, 0.1) is 54.3 Å². The molecule has 5 heteroatoms. The first-order valence-electron chi connectivity index (χ1n) is 8.98. The molecule has 26 heavy (non-hydrogen) atoms. The molecular formula is C21H21O5+2. The van der Waals surface area contributed by atoms with Crippen molar-refractivity contribution in [1.29, 1.82) is 0 Å². The van der Waals surface area contributed by atoms with E-state index in [0.29, 0.717) is 19.3 Å². The number of ketones is 2. The van der Waals surface area contributed by atoms with Gasteiger partial charge in [-0.1, -0.05) is 5.73 Å². The van der Waals surface area contributed by atoms with Crippen LogP contribution in [0.3, 0.4) is 0 Å². The number of aliphatic hydroxyl groups excluding tert-OH is 2. The Morgan fingerprint density at radius 2 is 2.04 bits per heavy atom. The van der Waals surface area contributed by atoms with Crippen molar-refractivity contribution < 1.29 is 24.9 Å². The van der Waals surface area contributed by atoms with Crippen molar-refractivity contribution >= 4 is 11.6 Å². The standard InChI is InChI=1S/C21H20O5/c1-19-7-5-13(23)9-12(19)3-4-14-15-6-8-21(26,17(25)11-22)20(15,2)10-16(24)18(14)19/h14-15,18,22H,1-4,6,8,10-11H2/q+1/p+1/t14-,15-,18+,19-,20-,21-/m0/s1. The van der Waals surface area contributed by atoms with E-state index in [2.05, 4.69) is 31.4 Å². The van der Waals surface area contributed by atoms with Gasteiger partial charge in [0.15, 0.2) is 11.2 Å². The lowest BCUT2D eigenvalue weighted by atomic mass is 9.47. The van der Waals surface area contributed by atoms with Crippen molar-refractivity contribution in [3.05, 3.63) is 30.9 Å². The van der Waals surface area contributed by atoms with Gasteiger partial charge in [0.25, 0.3) is 0 Å². The first-order valence-corrected chi connectivity index (χ1v) is 8.98. The fourth-order valence-corrected chi connectivity index (χ4v) is 5.92. The quantitative estimate of drug-likeness (QED) is 0.449. The highest BCUT2D eigenvalue weighted by Crippen LogP contribution is 2.65. The fraction of sp³-hybridized carbons (Fsp3) is 0.571. The molecule has 3 fully saturated rings. The van der Waals surface area contributed by atoms with Crippen LogP contribution in [0.4, 0.5) is 0 Å². The van der Waals surface area contributed by atoms with E-state index in [1.54, 1.807) is 0 Å². The number of allylic oxidation sites excluding steroid dienone is 1. The summed E-state index contributed by atoms with van der Waals surface area (Å²) < 4.78 is 0. The lowest BCUT2D eigenvalue weighted by Crippen LogP contribution is -2.60. The summed E-state index contributed by atoms with van der Waals surface area (Å²) in [4.78, 5) is 25.3. The Labute approximate surface area is 152 Å². The van der Waals surface area contributed by atoms with E-state index in [0.717, 1.165) is 5.57 Å².